The zero-order valence-corrected chi connectivity index (χ0v) is 6.27. The van der Waals surface area contributed by atoms with E-state index in [2.05, 4.69) is 4.98 Å². The van der Waals surface area contributed by atoms with Crippen molar-refractivity contribution in [1.82, 2.24) is 9.38 Å². The Kier molecular flexibility index (Phi) is 1.33. The van der Waals surface area contributed by atoms with Crippen molar-refractivity contribution in [2.45, 2.75) is 0 Å². The van der Waals surface area contributed by atoms with Crippen molar-refractivity contribution in [2.75, 3.05) is 0 Å². The molecule has 0 bridgehead atoms. The monoisotopic (exact) mass is 161 g/mol. The number of carbonyl (C=O) groups is 1. The van der Waals surface area contributed by atoms with Gasteiger partial charge in [0.15, 0.2) is 0 Å². The van der Waals surface area contributed by atoms with Crippen molar-refractivity contribution in [3.63, 3.8) is 0 Å². The number of imidazole rings is 1. The van der Waals surface area contributed by atoms with E-state index in [0.717, 1.165) is 5.65 Å². The predicted octanol–water partition coefficient (Wildman–Crippen LogP) is 0.433. The highest BCUT2D eigenvalue weighted by molar-refractivity contribution is 5.91. The van der Waals surface area contributed by atoms with Crippen molar-refractivity contribution in [2.24, 2.45) is 5.73 Å². The number of nitrogens with two attached hydrogens (primary N) is 1. The van der Waals surface area contributed by atoms with Gasteiger partial charge in [-0.3, -0.25) is 4.79 Å². The van der Waals surface area contributed by atoms with Crippen molar-refractivity contribution in [1.29, 1.82) is 0 Å². The Hall–Kier alpha value is -1.84. The predicted molar refractivity (Wildman–Crippen MR) is 43.7 cm³/mol. The summed E-state index contributed by atoms with van der Waals surface area (Å²) >= 11 is 0. The first-order valence-corrected chi connectivity index (χ1v) is 3.51. The number of carbonyl (C=O) groups excluding carboxylic acids is 1. The summed E-state index contributed by atoms with van der Waals surface area (Å²) in [6.07, 6.45) is 3.42. The zero-order valence-electron chi connectivity index (χ0n) is 6.27. The maximum absolute atomic E-state index is 10.7. The summed E-state index contributed by atoms with van der Waals surface area (Å²) in [5.74, 6) is -0.501. The topological polar surface area (TPSA) is 60.4 Å². The van der Waals surface area contributed by atoms with Crippen LogP contribution >= 0.6 is 0 Å². The number of aromatic nitrogens is 2. The summed E-state index contributed by atoms with van der Waals surface area (Å²) in [5, 5.41) is 0. The van der Waals surface area contributed by atoms with Crippen LogP contribution in [0.3, 0.4) is 0 Å². The van der Waals surface area contributed by atoms with Crippen molar-refractivity contribution in [3.8, 4) is 0 Å². The molecule has 2 rings (SSSR count). The minimum Gasteiger partial charge on any atom is -0.364 e. The SMILES string of the molecule is NC(=O)c1cn2ccccc2n1. The molecule has 0 aromatic carbocycles. The van der Waals surface area contributed by atoms with Crippen molar-refractivity contribution in [3.05, 3.63) is 36.3 Å². The number of pyridine rings is 1. The molecule has 0 unspecified atom stereocenters. The van der Waals surface area contributed by atoms with Crippen LogP contribution in [0, 0.1) is 0 Å². The Labute approximate surface area is 68.6 Å². The molecule has 2 N–H and O–H groups in total. The molecule has 0 spiro atoms. The zero-order chi connectivity index (χ0) is 8.55. The molecule has 4 heteroatoms. The highest BCUT2D eigenvalue weighted by atomic mass is 16.1. The summed E-state index contributed by atoms with van der Waals surface area (Å²) in [6.45, 7) is 0. The van der Waals surface area contributed by atoms with Crippen LogP contribution in [-0.4, -0.2) is 15.3 Å². The standard InChI is InChI=1S/C8H7N3O/c9-8(12)6-5-11-4-2-1-3-7(11)10-6/h1-5H,(H2,9,12). The van der Waals surface area contributed by atoms with E-state index < -0.39 is 5.91 Å². The molecule has 2 aromatic rings. The number of primary amides is 1. The number of nitrogens with zero attached hydrogens (tertiary/aromatic N) is 2. The number of hydrogen-bond donors (Lipinski definition) is 1. The molecule has 0 aliphatic carbocycles. The van der Waals surface area contributed by atoms with Gasteiger partial charge in [0, 0.05) is 12.4 Å². The van der Waals surface area contributed by atoms with E-state index in [4.69, 9.17) is 5.73 Å². The van der Waals surface area contributed by atoms with E-state index >= 15 is 0 Å². The Balaban J connectivity index is 2.70. The smallest absolute Gasteiger partial charge is 0.268 e. The fraction of sp³-hybridized carbons (Fsp3) is 0. The number of fused-ring (bicyclic) bond motifs is 1. The molecule has 1 amide bonds. The van der Waals surface area contributed by atoms with E-state index in [9.17, 15) is 4.79 Å². The van der Waals surface area contributed by atoms with Crippen molar-refractivity contribution < 1.29 is 4.79 Å². The van der Waals surface area contributed by atoms with Gasteiger partial charge in [-0.25, -0.2) is 4.98 Å². The maximum Gasteiger partial charge on any atom is 0.268 e. The Morgan fingerprint density at radius 3 is 3.00 bits per heavy atom. The Morgan fingerprint density at radius 2 is 2.33 bits per heavy atom. The third-order valence-electron chi connectivity index (χ3n) is 1.62. The van der Waals surface area contributed by atoms with Crippen LogP contribution < -0.4 is 5.73 Å². The molecular formula is C8H7N3O. The largest absolute Gasteiger partial charge is 0.364 e. The lowest BCUT2D eigenvalue weighted by atomic mass is 10.5. The summed E-state index contributed by atoms with van der Waals surface area (Å²) in [7, 11) is 0. The van der Waals surface area contributed by atoms with Gasteiger partial charge < -0.3 is 10.1 Å². The molecule has 0 atom stereocenters. The molecule has 0 saturated carbocycles. The molecule has 0 saturated heterocycles. The summed E-state index contributed by atoms with van der Waals surface area (Å²) < 4.78 is 1.75. The van der Waals surface area contributed by atoms with Gasteiger partial charge in [0.2, 0.25) is 0 Å². The molecule has 4 nitrogen and oxygen atoms in total. The van der Waals surface area contributed by atoms with E-state index in [0.29, 0.717) is 5.69 Å². The van der Waals surface area contributed by atoms with Crippen LogP contribution in [0.15, 0.2) is 30.6 Å². The van der Waals surface area contributed by atoms with Gasteiger partial charge in [0.25, 0.3) is 5.91 Å². The van der Waals surface area contributed by atoms with Gasteiger partial charge in [-0.15, -0.1) is 0 Å². The van der Waals surface area contributed by atoms with E-state index in [1.54, 1.807) is 10.6 Å². The molecule has 60 valence electrons. The Morgan fingerprint density at radius 1 is 1.50 bits per heavy atom. The molecule has 0 aliphatic rings. The maximum atomic E-state index is 10.7. The lowest BCUT2D eigenvalue weighted by Gasteiger charge is -1.86. The lowest BCUT2D eigenvalue weighted by molar-refractivity contribution is 0.0996. The molecule has 0 radical (unpaired) electrons. The minimum absolute atomic E-state index is 0.293. The van der Waals surface area contributed by atoms with Crippen LogP contribution in [-0.2, 0) is 0 Å². The quantitative estimate of drug-likeness (QED) is 0.659. The van der Waals surface area contributed by atoms with Crippen LogP contribution in [0.5, 0.6) is 0 Å². The number of amides is 1. The van der Waals surface area contributed by atoms with Gasteiger partial charge in [0.1, 0.15) is 11.3 Å². The Bertz CT molecular complexity index is 400. The molecule has 2 heterocycles. The summed E-state index contributed by atoms with van der Waals surface area (Å²) in [6, 6.07) is 5.53. The van der Waals surface area contributed by atoms with E-state index in [1.807, 2.05) is 24.4 Å². The lowest BCUT2D eigenvalue weighted by Crippen LogP contribution is -2.10. The second-order valence-electron chi connectivity index (χ2n) is 2.46. The van der Waals surface area contributed by atoms with E-state index in [-0.39, 0.29) is 0 Å². The van der Waals surface area contributed by atoms with Gasteiger partial charge in [0.05, 0.1) is 0 Å². The van der Waals surface area contributed by atoms with Crippen LogP contribution in [0.4, 0.5) is 0 Å². The first-order valence-electron chi connectivity index (χ1n) is 3.51. The van der Waals surface area contributed by atoms with Gasteiger partial charge in [-0.2, -0.15) is 0 Å². The number of rotatable bonds is 1. The molecule has 12 heavy (non-hydrogen) atoms. The van der Waals surface area contributed by atoms with Crippen LogP contribution in [0.25, 0.3) is 5.65 Å². The fourth-order valence-electron chi connectivity index (χ4n) is 1.05. The summed E-state index contributed by atoms with van der Waals surface area (Å²) in [5.41, 5.74) is 6.08. The molecule has 0 aliphatic heterocycles. The van der Waals surface area contributed by atoms with Gasteiger partial charge >= 0.3 is 0 Å². The second kappa shape index (κ2) is 2.34. The third kappa shape index (κ3) is 0.934. The van der Waals surface area contributed by atoms with Crippen LogP contribution in [0.2, 0.25) is 0 Å². The summed E-state index contributed by atoms with van der Waals surface area (Å²) in [4.78, 5) is 14.7. The molecule has 0 fully saturated rings. The van der Waals surface area contributed by atoms with E-state index in [1.165, 1.54) is 0 Å². The van der Waals surface area contributed by atoms with Gasteiger partial charge in [-0.1, -0.05) is 6.07 Å². The first kappa shape index (κ1) is 6.84. The van der Waals surface area contributed by atoms with Gasteiger partial charge in [-0.05, 0) is 12.1 Å². The molecule has 2 aromatic heterocycles. The van der Waals surface area contributed by atoms with Crippen molar-refractivity contribution >= 4 is 11.6 Å². The fourth-order valence-corrected chi connectivity index (χ4v) is 1.05. The highest BCUT2D eigenvalue weighted by Gasteiger charge is 2.04. The van der Waals surface area contributed by atoms with Crippen LogP contribution in [0.1, 0.15) is 10.5 Å². The average Bonchev–Trinajstić information content (AvgIpc) is 2.46. The third-order valence-corrected chi connectivity index (χ3v) is 1.62. The first-order chi connectivity index (χ1) is 5.77. The minimum atomic E-state index is -0.501. The average molecular weight is 161 g/mol. The second-order valence-corrected chi connectivity index (χ2v) is 2.46. The normalized spacial score (nSPS) is 10.3. The number of hydrogen-bond acceptors (Lipinski definition) is 2. The highest BCUT2D eigenvalue weighted by Crippen LogP contribution is 2.02. The molecular weight excluding hydrogens is 154 g/mol.